The van der Waals surface area contributed by atoms with Gasteiger partial charge in [-0.1, -0.05) is 11.3 Å². The molecule has 0 aliphatic carbocycles. The van der Waals surface area contributed by atoms with Crippen molar-refractivity contribution >= 4 is 26.5 Å². The van der Waals surface area contributed by atoms with Gasteiger partial charge >= 0.3 is 0 Å². The van der Waals surface area contributed by atoms with Crippen LogP contribution in [0.5, 0.6) is 0 Å². The summed E-state index contributed by atoms with van der Waals surface area (Å²) in [5, 5.41) is 1.04. The second kappa shape index (κ2) is 5.01. The average molecular weight is 265 g/mol. The van der Waals surface area contributed by atoms with Gasteiger partial charge in [0.25, 0.3) is 11.8 Å². The van der Waals surface area contributed by atoms with Crippen molar-refractivity contribution in [1.82, 2.24) is 4.90 Å². The smallest absolute Gasteiger partial charge is 0.261 e. The maximum atomic E-state index is 11.8. The number of hydrogen-bond acceptors (Lipinski definition) is 4. The molecule has 1 aromatic rings. The van der Waals surface area contributed by atoms with Crippen molar-refractivity contribution in [2.75, 3.05) is 21.3 Å². The molecule has 0 radical (unpaired) electrons. The molecule has 0 fully saturated rings. The Labute approximate surface area is 107 Å². The Morgan fingerprint density at radius 1 is 1.11 bits per heavy atom. The first kappa shape index (κ1) is 12.9. The van der Waals surface area contributed by atoms with Gasteiger partial charge in [0.05, 0.1) is 11.1 Å². The lowest BCUT2D eigenvalue weighted by Crippen LogP contribution is -2.31. The molecule has 0 aromatic heterocycles. The summed E-state index contributed by atoms with van der Waals surface area (Å²) in [5.74, 6) is -0.691. The topological polar surface area (TPSA) is 55.8 Å². The maximum Gasteiger partial charge on any atom is 0.261 e. The van der Waals surface area contributed by atoms with Crippen molar-refractivity contribution in [1.29, 1.82) is 0 Å². The minimum atomic E-state index is -0.799. The Morgan fingerprint density at radius 2 is 1.72 bits per heavy atom. The summed E-state index contributed by atoms with van der Waals surface area (Å²) in [7, 11) is 3.88. The van der Waals surface area contributed by atoms with Crippen LogP contribution < -0.4 is 5.19 Å². The first-order valence-electron chi connectivity index (χ1n) is 5.59. The Morgan fingerprint density at radius 3 is 2.33 bits per heavy atom. The number of methoxy groups -OCH3 is 2. The number of amides is 2. The van der Waals surface area contributed by atoms with Crippen LogP contribution in [0.1, 0.15) is 20.7 Å². The van der Waals surface area contributed by atoms with Crippen molar-refractivity contribution in [3.63, 3.8) is 0 Å². The van der Waals surface area contributed by atoms with Crippen LogP contribution in [0.15, 0.2) is 18.2 Å². The van der Waals surface area contributed by atoms with E-state index in [1.807, 2.05) is 6.07 Å². The lowest BCUT2D eigenvalue weighted by molar-refractivity contribution is -0.0429. The van der Waals surface area contributed by atoms with Gasteiger partial charge in [-0.3, -0.25) is 14.5 Å². The number of nitrogens with zero attached hydrogens (tertiary/aromatic N) is 1. The fraction of sp³-hybridized carbons (Fsp3) is 0.333. The lowest BCUT2D eigenvalue weighted by atomic mass is 10.1. The molecule has 96 valence electrons. The van der Waals surface area contributed by atoms with Gasteiger partial charge in [0.15, 0.2) is 0 Å². The predicted octanol–water partition coefficient (Wildman–Crippen LogP) is -0.717. The van der Waals surface area contributed by atoms with E-state index in [0.29, 0.717) is 11.1 Å². The van der Waals surface area contributed by atoms with E-state index < -0.39 is 9.52 Å². The Kier molecular flexibility index (Phi) is 3.60. The molecule has 1 aliphatic heterocycles. The number of ether oxygens (including phenoxy) is 2. The third kappa shape index (κ3) is 2.10. The van der Waals surface area contributed by atoms with E-state index in [1.165, 1.54) is 7.05 Å². The van der Waals surface area contributed by atoms with Gasteiger partial charge < -0.3 is 9.47 Å². The molecule has 0 N–H and O–H groups in total. The first-order valence-corrected chi connectivity index (χ1v) is 7.11. The van der Waals surface area contributed by atoms with Gasteiger partial charge in [0.1, 0.15) is 15.4 Å². The molecule has 0 saturated carbocycles. The standard InChI is InChI=1S/C12H15NO4Si/c1-13-10(14)8-5-4-7(6-9(8)11(13)15)18-12(16-2)17-3/h4-6,12H,18H2,1-3H3. The molecule has 0 saturated heterocycles. The van der Waals surface area contributed by atoms with Crippen LogP contribution in [0.4, 0.5) is 0 Å². The van der Waals surface area contributed by atoms with Crippen molar-refractivity contribution in [2.45, 2.75) is 5.91 Å². The highest BCUT2D eigenvalue weighted by molar-refractivity contribution is 6.54. The molecular formula is C12H15NO4Si. The Balaban J connectivity index is 2.29. The van der Waals surface area contributed by atoms with Crippen LogP contribution in [0.25, 0.3) is 0 Å². The first-order chi connectivity index (χ1) is 8.58. The number of carbonyl (C=O) groups excluding carboxylic acids is 2. The Bertz CT molecular complexity index is 499. The van der Waals surface area contributed by atoms with Crippen LogP contribution >= 0.6 is 0 Å². The molecule has 1 aliphatic rings. The summed E-state index contributed by atoms with van der Waals surface area (Å²) in [6, 6.07) is 5.38. The van der Waals surface area contributed by atoms with E-state index in [9.17, 15) is 9.59 Å². The normalized spacial score (nSPS) is 15.2. The van der Waals surface area contributed by atoms with Crippen molar-refractivity contribution in [2.24, 2.45) is 0 Å². The van der Waals surface area contributed by atoms with Gasteiger partial charge in [0, 0.05) is 21.3 Å². The highest BCUT2D eigenvalue weighted by Gasteiger charge is 2.32. The minimum Gasteiger partial charge on any atom is -0.360 e. The SMILES string of the molecule is COC(OC)[SiH2]c1ccc2c(c1)C(=O)N(C)C2=O. The third-order valence-electron chi connectivity index (χ3n) is 3.08. The molecule has 5 nitrogen and oxygen atoms in total. The van der Waals surface area contributed by atoms with Crippen molar-refractivity contribution in [3.05, 3.63) is 29.3 Å². The predicted molar refractivity (Wildman–Crippen MR) is 68.9 cm³/mol. The molecule has 0 unspecified atom stereocenters. The second-order valence-corrected chi connectivity index (χ2v) is 6.05. The van der Waals surface area contributed by atoms with E-state index in [0.717, 1.165) is 10.1 Å². The van der Waals surface area contributed by atoms with E-state index in [-0.39, 0.29) is 17.7 Å². The molecule has 2 rings (SSSR count). The van der Waals surface area contributed by atoms with E-state index in [1.54, 1.807) is 26.4 Å². The fourth-order valence-electron chi connectivity index (χ4n) is 1.99. The fourth-order valence-corrected chi connectivity index (χ4v) is 3.28. The zero-order chi connectivity index (χ0) is 13.3. The van der Waals surface area contributed by atoms with Gasteiger partial charge in [-0.05, 0) is 12.1 Å². The second-order valence-electron chi connectivity index (χ2n) is 4.15. The van der Waals surface area contributed by atoms with Gasteiger partial charge in [-0.2, -0.15) is 0 Å². The lowest BCUT2D eigenvalue weighted by Gasteiger charge is -2.12. The van der Waals surface area contributed by atoms with Gasteiger partial charge in [-0.25, -0.2) is 0 Å². The largest absolute Gasteiger partial charge is 0.360 e. The van der Waals surface area contributed by atoms with E-state index in [4.69, 9.17) is 9.47 Å². The molecule has 0 spiro atoms. The van der Waals surface area contributed by atoms with Crippen LogP contribution in [0.3, 0.4) is 0 Å². The summed E-state index contributed by atoms with van der Waals surface area (Å²) in [4.78, 5) is 24.7. The van der Waals surface area contributed by atoms with Gasteiger partial charge in [0.2, 0.25) is 0 Å². The summed E-state index contributed by atoms with van der Waals surface area (Å²) in [6.45, 7) is 0. The zero-order valence-corrected chi connectivity index (χ0v) is 12.0. The average Bonchev–Trinajstić information content (AvgIpc) is 2.61. The number of benzene rings is 1. The number of hydrogen-bond donors (Lipinski definition) is 0. The molecule has 2 amide bonds. The maximum absolute atomic E-state index is 11.8. The summed E-state index contributed by atoms with van der Waals surface area (Å²) in [5.41, 5.74) is 0.963. The highest BCUT2D eigenvalue weighted by atomic mass is 28.2. The molecule has 6 heteroatoms. The molecule has 0 bridgehead atoms. The van der Waals surface area contributed by atoms with Gasteiger partial charge in [-0.15, -0.1) is 0 Å². The highest BCUT2D eigenvalue weighted by Crippen LogP contribution is 2.19. The van der Waals surface area contributed by atoms with Crippen LogP contribution in [-0.2, 0) is 9.47 Å². The van der Waals surface area contributed by atoms with Crippen molar-refractivity contribution in [3.8, 4) is 0 Å². The molecular weight excluding hydrogens is 250 g/mol. The summed E-state index contributed by atoms with van der Waals surface area (Å²) in [6.07, 6.45) is 0. The molecule has 18 heavy (non-hydrogen) atoms. The molecule has 0 atom stereocenters. The van der Waals surface area contributed by atoms with Crippen LogP contribution in [0, 0.1) is 0 Å². The summed E-state index contributed by atoms with van der Waals surface area (Å²) < 4.78 is 10.3. The number of carbonyl (C=O) groups is 2. The molecule has 1 heterocycles. The summed E-state index contributed by atoms with van der Waals surface area (Å²) >= 11 is 0. The zero-order valence-electron chi connectivity index (χ0n) is 10.6. The van der Waals surface area contributed by atoms with E-state index in [2.05, 4.69) is 0 Å². The van der Waals surface area contributed by atoms with E-state index >= 15 is 0 Å². The number of imide groups is 1. The Hall–Kier alpha value is -1.50. The van der Waals surface area contributed by atoms with Crippen LogP contribution in [-0.4, -0.2) is 53.4 Å². The van der Waals surface area contributed by atoms with Crippen LogP contribution in [0.2, 0.25) is 0 Å². The quantitative estimate of drug-likeness (QED) is 0.410. The minimum absolute atomic E-state index is 0.215. The number of rotatable bonds is 4. The number of fused-ring (bicyclic) bond motifs is 1. The monoisotopic (exact) mass is 265 g/mol. The molecule has 1 aromatic carbocycles. The van der Waals surface area contributed by atoms with Crippen molar-refractivity contribution < 1.29 is 19.1 Å². The third-order valence-corrected chi connectivity index (χ3v) is 4.99.